The molecule has 28 heavy (non-hydrogen) atoms. The third-order valence-corrected chi connectivity index (χ3v) is 5.15. The zero-order valence-electron chi connectivity index (χ0n) is 15.9. The van der Waals surface area contributed by atoms with Crippen LogP contribution in [0.4, 0.5) is 5.82 Å². The van der Waals surface area contributed by atoms with Gasteiger partial charge in [0, 0.05) is 31.0 Å². The molecule has 1 aliphatic rings. The number of carbonyl (C=O) groups is 1. The van der Waals surface area contributed by atoms with E-state index in [2.05, 4.69) is 51.5 Å². The van der Waals surface area contributed by atoms with E-state index in [-0.39, 0.29) is 5.91 Å². The van der Waals surface area contributed by atoms with Gasteiger partial charge in [0.1, 0.15) is 12.1 Å². The van der Waals surface area contributed by atoms with Crippen molar-refractivity contribution in [2.45, 2.75) is 25.8 Å². The number of benzene rings is 1. The number of hydrogen-bond donors (Lipinski definition) is 1. The van der Waals surface area contributed by atoms with Crippen LogP contribution in [0.1, 0.15) is 40.0 Å². The lowest BCUT2D eigenvalue weighted by atomic mass is 10.0. The summed E-state index contributed by atoms with van der Waals surface area (Å²) in [6.07, 6.45) is 5.59. The SMILES string of the molecule is C[C@H](CNc1ncnc2c1CCN(C(=O)c1cccnc1)C2)c1ccccc1. The Labute approximate surface area is 164 Å². The van der Waals surface area contributed by atoms with E-state index in [4.69, 9.17) is 0 Å². The minimum absolute atomic E-state index is 0.00966. The summed E-state index contributed by atoms with van der Waals surface area (Å²) in [6, 6.07) is 14.0. The minimum Gasteiger partial charge on any atom is -0.369 e. The molecule has 6 nitrogen and oxygen atoms in total. The first kappa shape index (κ1) is 18.1. The summed E-state index contributed by atoms with van der Waals surface area (Å²) in [5.41, 5.74) is 3.92. The van der Waals surface area contributed by atoms with Gasteiger partial charge in [0.2, 0.25) is 0 Å². The number of hydrogen-bond acceptors (Lipinski definition) is 5. The molecule has 4 rings (SSSR count). The zero-order valence-corrected chi connectivity index (χ0v) is 15.9. The van der Waals surface area contributed by atoms with Crippen molar-refractivity contribution >= 4 is 11.7 Å². The van der Waals surface area contributed by atoms with E-state index in [0.29, 0.717) is 24.6 Å². The van der Waals surface area contributed by atoms with Gasteiger partial charge in [0.25, 0.3) is 5.91 Å². The fraction of sp³-hybridized carbons (Fsp3) is 0.273. The van der Waals surface area contributed by atoms with Crippen molar-refractivity contribution in [1.29, 1.82) is 0 Å². The number of carbonyl (C=O) groups excluding carboxylic acids is 1. The molecule has 0 unspecified atom stereocenters. The molecule has 0 radical (unpaired) electrons. The summed E-state index contributed by atoms with van der Waals surface area (Å²) in [5, 5.41) is 3.48. The van der Waals surface area contributed by atoms with Crippen LogP contribution in [0.3, 0.4) is 0 Å². The molecule has 0 fully saturated rings. The monoisotopic (exact) mass is 373 g/mol. The van der Waals surface area contributed by atoms with E-state index >= 15 is 0 Å². The maximum absolute atomic E-state index is 12.7. The second-order valence-electron chi connectivity index (χ2n) is 7.06. The quantitative estimate of drug-likeness (QED) is 0.743. The molecule has 2 aromatic heterocycles. The van der Waals surface area contributed by atoms with Gasteiger partial charge in [0.15, 0.2) is 0 Å². The van der Waals surface area contributed by atoms with Crippen LogP contribution in [0.2, 0.25) is 0 Å². The molecule has 0 saturated heterocycles. The molecule has 0 spiro atoms. The highest BCUT2D eigenvalue weighted by Crippen LogP contribution is 2.24. The third kappa shape index (κ3) is 3.86. The fourth-order valence-electron chi connectivity index (χ4n) is 3.50. The average molecular weight is 373 g/mol. The average Bonchev–Trinajstić information content (AvgIpc) is 2.77. The number of rotatable bonds is 5. The van der Waals surface area contributed by atoms with Gasteiger partial charge in [-0.3, -0.25) is 9.78 Å². The molecule has 6 heteroatoms. The highest BCUT2D eigenvalue weighted by atomic mass is 16.2. The molecular formula is C22H23N5O. The summed E-state index contributed by atoms with van der Waals surface area (Å²) < 4.78 is 0. The smallest absolute Gasteiger partial charge is 0.255 e. The molecule has 0 saturated carbocycles. The van der Waals surface area contributed by atoms with Gasteiger partial charge in [-0.25, -0.2) is 9.97 Å². The van der Waals surface area contributed by atoms with Crippen LogP contribution >= 0.6 is 0 Å². The van der Waals surface area contributed by atoms with Crippen molar-refractivity contribution in [1.82, 2.24) is 19.9 Å². The Kier molecular flexibility index (Phi) is 5.28. The van der Waals surface area contributed by atoms with E-state index < -0.39 is 0 Å². The Balaban J connectivity index is 1.45. The number of pyridine rings is 1. The molecule has 3 aromatic rings. The van der Waals surface area contributed by atoms with Crippen LogP contribution < -0.4 is 5.32 Å². The molecule has 1 aliphatic heterocycles. The van der Waals surface area contributed by atoms with Gasteiger partial charge in [0.05, 0.1) is 17.8 Å². The van der Waals surface area contributed by atoms with Crippen LogP contribution in [0, 0.1) is 0 Å². The maximum Gasteiger partial charge on any atom is 0.255 e. The summed E-state index contributed by atoms with van der Waals surface area (Å²) >= 11 is 0. The zero-order chi connectivity index (χ0) is 19.3. The molecule has 1 atom stereocenters. The summed E-state index contributed by atoms with van der Waals surface area (Å²) in [4.78, 5) is 27.4. The molecule has 0 aliphatic carbocycles. The van der Waals surface area contributed by atoms with Crippen molar-refractivity contribution in [2.24, 2.45) is 0 Å². The van der Waals surface area contributed by atoms with Crippen molar-refractivity contribution in [3.8, 4) is 0 Å². The number of nitrogens with zero attached hydrogens (tertiary/aromatic N) is 4. The van der Waals surface area contributed by atoms with Gasteiger partial charge in [-0.2, -0.15) is 0 Å². The summed E-state index contributed by atoms with van der Waals surface area (Å²) in [5.74, 6) is 1.24. The largest absolute Gasteiger partial charge is 0.369 e. The molecule has 3 heterocycles. The van der Waals surface area contributed by atoms with E-state index in [1.54, 1.807) is 30.9 Å². The van der Waals surface area contributed by atoms with E-state index in [1.807, 2.05) is 11.0 Å². The Morgan fingerprint density at radius 2 is 2.04 bits per heavy atom. The lowest BCUT2D eigenvalue weighted by Gasteiger charge is -2.29. The highest BCUT2D eigenvalue weighted by molar-refractivity contribution is 5.94. The maximum atomic E-state index is 12.7. The second-order valence-corrected chi connectivity index (χ2v) is 7.06. The van der Waals surface area contributed by atoms with Crippen molar-refractivity contribution in [3.05, 3.63) is 83.6 Å². The van der Waals surface area contributed by atoms with Crippen LogP contribution in [0.15, 0.2) is 61.2 Å². The van der Waals surface area contributed by atoms with Gasteiger partial charge in [-0.05, 0) is 30.0 Å². The van der Waals surface area contributed by atoms with Gasteiger partial charge < -0.3 is 10.2 Å². The van der Waals surface area contributed by atoms with Crippen molar-refractivity contribution in [2.75, 3.05) is 18.4 Å². The lowest BCUT2D eigenvalue weighted by molar-refractivity contribution is 0.0731. The van der Waals surface area contributed by atoms with Crippen molar-refractivity contribution in [3.63, 3.8) is 0 Å². The number of amides is 1. The topological polar surface area (TPSA) is 71.0 Å². The molecule has 1 N–H and O–H groups in total. The molecular weight excluding hydrogens is 350 g/mol. The Morgan fingerprint density at radius 3 is 2.82 bits per heavy atom. The number of nitrogens with one attached hydrogen (secondary N) is 1. The molecule has 1 aromatic carbocycles. The van der Waals surface area contributed by atoms with E-state index in [0.717, 1.165) is 30.0 Å². The van der Waals surface area contributed by atoms with Crippen LogP contribution in [-0.2, 0) is 13.0 Å². The van der Waals surface area contributed by atoms with Crippen molar-refractivity contribution < 1.29 is 4.79 Å². The van der Waals surface area contributed by atoms with Crippen LogP contribution in [-0.4, -0.2) is 38.8 Å². The predicted octanol–water partition coefficient (Wildman–Crippen LogP) is 3.29. The Bertz CT molecular complexity index is 946. The van der Waals surface area contributed by atoms with Crippen LogP contribution in [0.25, 0.3) is 0 Å². The summed E-state index contributed by atoms with van der Waals surface area (Å²) in [7, 11) is 0. The Morgan fingerprint density at radius 1 is 1.18 bits per heavy atom. The van der Waals surface area contributed by atoms with Gasteiger partial charge in [-0.15, -0.1) is 0 Å². The summed E-state index contributed by atoms with van der Waals surface area (Å²) in [6.45, 7) is 4.14. The first-order valence-electron chi connectivity index (χ1n) is 9.53. The predicted molar refractivity (Wildman–Crippen MR) is 108 cm³/mol. The standard InChI is InChI=1S/C22H23N5O/c1-16(17-6-3-2-4-7-17)12-24-21-19-9-11-27(14-20(19)25-15-26-21)22(28)18-8-5-10-23-13-18/h2-8,10,13,15-16H,9,11-12,14H2,1H3,(H,24,25,26)/t16-/m1/s1. The molecule has 1 amide bonds. The number of anilines is 1. The highest BCUT2D eigenvalue weighted by Gasteiger charge is 2.25. The fourth-order valence-corrected chi connectivity index (χ4v) is 3.50. The number of aromatic nitrogens is 3. The van der Waals surface area contributed by atoms with E-state index in [9.17, 15) is 4.79 Å². The molecule has 142 valence electrons. The Hall–Kier alpha value is -3.28. The van der Waals surface area contributed by atoms with Gasteiger partial charge >= 0.3 is 0 Å². The second kappa shape index (κ2) is 8.17. The van der Waals surface area contributed by atoms with Gasteiger partial charge in [-0.1, -0.05) is 37.3 Å². The van der Waals surface area contributed by atoms with Crippen LogP contribution in [0.5, 0.6) is 0 Å². The molecule has 0 bridgehead atoms. The first-order valence-corrected chi connectivity index (χ1v) is 9.53. The third-order valence-electron chi connectivity index (χ3n) is 5.15. The van der Waals surface area contributed by atoms with E-state index in [1.165, 1.54) is 5.56 Å². The lowest BCUT2D eigenvalue weighted by Crippen LogP contribution is -2.37. The minimum atomic E-state index is -0.00966. The number of fused-ring (bicyclic) bond motifs is 1. The first-order chi connectivity index (χ1) is 13.7. The normalized spacial score (nSPS) is 14.2.